The molecule has 3 heterocycles. The van der Waals surface area contributed by atoms with Gasteiger partial charge in [0.05, 0.1) is 17.6 Å². The van der Waals surface area contributed by atoms with Gasteiger partial charge < -0.3 is 4.90 Å². The SMILES string of the molecule is O=C(Cn1nc(C2CC2)c2cnn(-c3cccc(Cl)c3)c2c1=O)N1CCC(Cc2ccccc2)CC1. The van der Waals surface area contributed by atoms with E-state index < -0.39 is 0 Å². The molecule has 0 bridgehead atoms. The summed E-state index contributed by atoms with van der Waals surface area (Å²) in [6, 6.07) is 17.8. The fourth-order valence-electron chi connectivity index (χ4n) is 5.22. The first-order valence-corrected chi connectivity index (χ1v) is 13.0. The Bertz CT molecular complexity index is 1470. The molecule has 1 amide bonds. The number of hydrogen-bond acceptors (Lipinski definition) is 4. The van der Waals surface area contributed by atoms with Gasteiger partial charge in [0.25, 0.3) is 5.56 Å². The van der Waals surface area contributed by atoms with Crippen molar-refractivity contribution < 1.29 is 4.79 Å². The van der Waals surface area contributed by atoms with E-state index in [-0.39, 0.29) is 18.0 Å². The van der Waals surface area contributed by atoms with Crippen molar-refractivity contribution in [2.75, 3.05) is 13.1 Å². The maximum Gasteiger partial charge on any atom is 0.293 e. The molecule has 0 unspecified atom stereocenters. The van der Waals surface area contributed by atoms with E-state index in [1.54, 1.807) is 23.0 Å². The quantitative estimate of drug-likeness (QED) is 0.387. The molecule has 1 aliphatic heterocycles. The van der Waals surface area contributed by atoms with Crippen LogP contribution in [0.1, 0.15) is 42.9 Å². The topological polar surface area (TPSA) is 73.0 Å². The molecule has 0 spiro atoms. The van der Waals surface area contributed by atoms with Crippen LogP contribution in [0.5, 0.6) is 0 Å². The fraction of sp³-hybridized carbons (Fsp3) is 0.357. The predicted molar refractivity (Wildman–Crippen MR) is 140 cm³/mol. The van der Waals surface area contributed by atoms with Gasteiger partial charge in [-0.3, -0.25) is 9.59 Å². The van der Waals surface area contributed by atoms with Crippen LogP contribution in [0.4, 0.5) is 0 Å². The molecule has 184 valence electrons. The number of rotatable bonds is 6. The van der Waals surface area contributed by atoms with Gasteiger partial charge in [-0.15, -0.1) is 0 Å². The molecule has 1 saturated carbocycles. The molecule has 0 radical (unpaired) electrons. The van der Waals surface area contributed by atoms with E-state index in [0.717, 1.165) is 43.2 Å². The number of amides is 1. The minimum atomic E-state index is -0.306. The van der Waals surface area contributed by atoms with Gasteiger partial charge in [0.15, 0.2) is 0 Å². The molecule has 1 saturated heterocycles. The molecule has 0 N–H and O–H groups in total. The monoisotopic (exact) mass is 501 g/mol. The lowest BCUT2D eigenvalue weighted by atomic mass is 9.90. The number of carbonyl (C=O) groups is 1. The van der Waals surface area contributed by atoms with Gasteiger partial charge in [-0.05, 0) is 61.8 Å². The Hall–Kier alpha value is -3.45. The summed E-state index contributed by atoms with van der Waals surface area (Å²) in [5, 5.41) is 10.5. The molecule has 0 atom stereocenters. The summed E-state index contributed by atoms with van der Waals surface area (Å²) in [6.45, 7) is 1.37. The first-order valence-electron chi connectivity index (χ1n) is 12.6. The molecule has 6 rings (SSSR count). The van der Waals surface area contributed by atoms with Crippen LogP contribution in [0.25, 0.3) is 16.6 Å². The Morgan fingerprint density at radius 1 is 1.00 bits per heavy atom. The number of likely N-dealkylation sites (tertiary alicyclic amines) is 1. The summed E-state index contributed by atoms with van der Waals surface area (Å²) in [5.74, 6) is 0.819. The molecular formula is C28H28ClN5O2. The highest BCUT2D eigenvalue weighted by atomic mass is 35.5. The van der Waals surface area contributed by atoms with E-state index in [4.69, 9.17) is 11.6 Å². The van der Waals surface area contributed by atoms with Crippen molar-refractivity contribution in [3.8, 4) is 5.69 Å². The number of hydrogen-bond donors (Lipinski definition) is 0. The summed E-state index contributed by atoms with van der Waals surface area (Å²) in [4.78, 5) is 28.7. The van der Waals surface area contributed by atoms with E-state index in [9.17, 15) is 9.59 Å². The smallest absolute Gasteiger partial charge is 0.293 e. The van der Waals surface area contributed by atoms with Crippen LogP contribution < -0.4 is 5.56 Å². The van der Waals surface area contributed by atoms with Crippen LogP contribution in [-0.4, -0.2) is 43.5 Å². The highest BCUT2D eigenvalue weighted by Crippen LogP contribution is 2.41. The van der Waals surface area contributed by atoms with Crippen molar-refractivity contribution in [2.45, 2.75) is 44.6 Å². The zero-order valence-corrected chi connectivity index (χ0v) is 20.8. The lowest BCUT2D eigenvalue weighted by Crippen LogP contribution is -2.42. The third-order valence-electron chi connectivity index (χ3n) is 7.35. The minimum absolute atomic E-state index is 0.0570. The number of benzene rings is 2. The predicted octanol–water partition coefficient (Wildman–Crippen LogP) is 4.59. The zero-order chi connectivity index (χ0) is 24.6. The molecule has 2 aromatic heterocycles. The second-order valence-corrected chi connectivity index (χ2v) is 10.4. The Kier molecular flexibility index (Phi) is 6.09. The average molecular weight is 502 g/mol. The summed E-state index contributed by atoms with van der Waals surface area (Å²) in [7, 11) is 0. The Labute approximate surface area is 214 Å². The minimum Gasteiger partial charge on any atom is -0.341 e. The molecule has 1 aliphatic carbocycles. The van der Waals surface area contributed by atoms with Crippen LogP contribution >= 0.6 is 11.6 Å². The number of nitrogens with zero attached hydrogens (tertiary/aromatic N) is 5. The van der Waals surface area contributed by atoms with Crippen molar-refractivity contribution in [1.82, 2.24) is 24.5 Å². The van der Waals surface area contributed by atoms with Crippen molar-refractivity contribution in [1.29, 1.82) is 0 Å². The highest BCUT2D eigenvalue weighted by molar-refractivity contribution is 6.30. The Balaban J connectivity index is 1.24. The third-order valence-corrected chi connectivity index (χ3v) is 7.58. The lowest BCUT2D eigenvalue weighted by Gasteiger charge is -2.32. The number of carbonyl (C=O) groups excluding carboxylic acids is 1. The highest BCUT2D eigenvalue weighted by Gasteiger charge is 2.31. The van der Waals surface area contributed by atoms with Gasteiger partial charge in [-0.1, -0.05) is 48.0 Å². The average Bonchev–Trinajstić information content (AvgIpc) is 3.64. The first-order chi connectivity index (χ1) is 17.6. The molecule has 2 aliphatic rings. The summed E-state index contributed by atoms with van der Waals surface area (Å²) >= 11 is 6.20. The van der Waals surface area contributed by atoms with E-state index in [0.29, 0.717) is 41.2 Å². The molecule has 2 aromatic carbocycles. The summed E-state index contributed by atoms with van der Waals surface area (Å²) < 4.78 is 2.96. The van der Waals surface area contributed by atoms with Crippen LogP contribution in [0.3, 0.4) is 0 Å². The second kappa shape index (κ2) is 9.54. The van der Waals surface area contributed by atoms with Gasteiger partial charge in [0, 0.05) is 29.4 Å². The normalized spacial score (nSPS) is 16.5. The lowest BCUT2D eigenvalue weighted by molar-refractivity contribution is -0.133. The Morgan fingerprint density at radius 2 is 1.78 bits per heavy atom. The Morgan fingerprint density at radius 3 is 2.50 bits per heavy atom. The standard InChI is InChI=1S/C28H28ClN5O2/c29-22-7-4-8-23(16-22)34-27-24(17-30-34)26(21-9-10-21)31-33(28(27)36)18-25(35)32-13-11-20(12-14-32)15-19-5-2-1-3-6-19/h1-8,16-17,20-21H,9-15,18H2. The molecular weight excluding hydrogens is 474 g/mol. The van der Waals surface area contributed by atoms with E-state index in [1.807, 2.05) is 23.1 Å². The van der Waals surface area contributed by atoms with Crippen molar-refractivity contribution in [3.63, 3.8) is 0 Å². The van der Waals surface area contributed by atoms with Crippen molar-refractivity contribution >= 4 is 28.4 Å². The van der Waals surface area contributed by atoms with Crippen LogP contribution in [-0.2, 0) is 17.8 Å². The molecule has 8 heteroatoms. The summed E-state index contributed by atoms with van der Waals surface area (Å²) in [5.41, 5.74) is 3.05. The second-order valence-electron chi connectivity index (χ2n) is 9.93. The van der Waals surface area contributed by atoms with E-state index in [2.05, 4.69) is 34.5 Å². The van der Waals surface area contributed by atoms with E-state index in [1.165, 1.54) is 10.2 Å². The van der Waals surface area contributed by atoms with Crippen molar-refractivity contribution in [3.05, 3.63) is 87.4 Å². The van der Waals surface area contributed by atoms with Gasteiger partial charge in [0.2, 0.25) is 5.91 Å². The number of aromatic nitrogens is 4. The van der Waals surface area contributed by atoms with Crippen molar-refractivity contribution in [2.24, 2.45) is 5.92 Å². The van der Waals surface area contributed by atoms with E-state index >= 15 is 0 Å². The van der Waals surface area contributed by atoms with Gasteiger partial charge in [0.1, 0.15) is 12.1 Å². The van der Waals surface area contributed by atoms with Crippen LogP contribution in [0, 0.1) is 5.92 Å². The zero-order valence-electron chi connectivity index (χ0n) is 20.0. The fourth-order valence-corrected chi connectivity index (χ4v) is 5.41. The molecule has 4 aromatic rings. The maximum atomic E-state index is 13.6. The van der Waals surface area contributed by atoms with Crippen LogP contribution in [0.15, 0.2) is 65.6 Å². The molecule has 7 nitrogen and oxygen atoms in total. The number of fused-ring (bicyclic) bond motifs is 1. The van der Waals surface area contributed by atoms with Gasteiger partial charge in [-0.2, -0.15) is 10.2 Å². The summed E-state index contributed by atoms with van der Waals surface area (Å²) in [6.07, 6.45) is 6.76. The first kappa shape index (κ1) is 23.0. The number of piperidine rings is 1. The maximum absolute atomic E-state index is 13.6. The van der Waals surface area contributed by atoms with Gasteiger partial charge >= 0.3 is 0 Å². The third kappa shape index (κ3) is 4.55. The molecule has 2 fully saturated rings. The van der Waals surface area contributed by atoms with Crippen LogP contribution in [0.2, 0.25) is 5.02 Å². The van der Waals surface area contributed by atoms with Gasteiger partial charge in [-0.25, -0.2) is 9.36 Å². The number of halogens is 1. The molecule has 36 heavy (non-hydrogen) atoms. The largest absolute Gasteiger partial charge is 0.341 e.